The SMILES string of the molecule is CCNc1cc(C)nc(N2CCN(C(=O)CN(C)S(C)(=O)=O)CC2)n1. The standard InChI is InChI=1S/C15H26N6O3S/c1-5-16-13-10-12(2)17-15(18-13)21-8-6-20(7-9-21)14(22)11-19(3)25(4,23)24/h10H,5-9,11H2,1-4H3,(H,16,17,18). The lowest BCUT2D eigenvalue weighted by Crippen LogP contribution is -2.51. The van der Waals surface area contributed by atoms with Crippen molar-refractivity contribution in [3.8, 4) is 0 Å². The maximum atomic E-state index is 12.3. The maximum Gasteiger partial charge on any atom is 0.238 e. The Kier molecular flexibility index (Phi) is 6.17. The molecule has 0 bridgehead atoms. The molecule has 1 N–H and O–H groups in total. The number of carbonyl (C=O) groups is 1. The molecule has 0 spiro atoms. The second kappa shape index (κ2) is 7.96. The number of nitrogens with zero attached hydrogens (tertiary/aromatic N) is 5. The van der Waals surface area contributed by atoms with Crippen molar-refractivity contribution in [2.24, 2.45) is 0 Å². The van der Waals surface area contributed by atoms with E-state index in [4.69, 9.17) is 0 Å². The molecule has 0 atom stereocenters. The fourth-order valence-corrected chi connectivity index (χ4v) is 2.87. The highest BCUT2D eigenvalue weighted by Gasteiger charge is 2.25. The van der Waals surface area contributed by atoms with Crippen LogP contribution in [0.3, 0.4) is 0 Å². The maximum absolute atomic E-state index is 12.3. The number of piperazine rings is 1. The van der Waals surface area contributed by atoms with E-state index in [0.29, 0.717) is 32.1 Å². The van der Waals surface area contributed by atoms with Gasteiger partial charge in [-0.25, -0.2) is 13.4 Å². The quantitative estimate of drug-likeness (QED) is 0.738. The summed E-state index contributed by atoms with van der Waals surface area (Å²) in [6.45, 7) is 6.85. The van der Waals surface area contributed by atoms with E-state index in [-0.39, 0.29) is 12.5 Å². The van der Waals surface area contributed by atoms with Gasteiger partial charge >= 0.3 is 0 Å². The zero-order valence-electron chi connectivity index (χ0n) is 15.2. The van der Waals surface area contributed by atoms with E-state index in [2.05, 4.69) is 15.3 Å². The summed E-state index contributed by atoms with van der Waals surface area (Å²) < 4.78 is 23.9. The molecule has 1 saturated heterocycles. The van der Waals surface area contributed by atoms with Gasteiger partial charge in [-0.05, 0) is 13.8 Å². The molecule has 2 heterocycles. The largest absolute Gasteiger partial charge is 0.370 e. The average Bonchev–Trinajstić information content (AvgIpc) is 2.54. The van der Waals surface area contributed by atoms with Gasteiger partial charge < -0.3 is 15.1 Å². The Hall–Kier alpha value is -1.94. The van der Waals surface area contributed by atoms with Gasteiger partial charge in [0.1, 0.15) is 5.82 Å². The summed E-state index contributed by atoms with van der Waals surface area (Å²) in [6, 6.07) is 1.90. The molecule has 140 valence electrons. The van der Waals surface area contributed by atoms with Gasteiger partial charge in [0.05, 0.1) is 12.8 Å². The summed E-state index contributed by atoms with van der Waals surface area (Å²) in [4.78, 5) is 25.0. The van der Waals surface area contributed by atoms with Gasteiger partial charge in [0, 0.05) is 51.5 Å². The molecule has 0 saturated carbocycles. The molecule has 1 aromatic heterocycles. The Morgan fingerprint density at radius 2 is 1.92 bits per heavy atom. The van der Waals surface area contributed by atoms with Gasteiger partial charge in [-0.15, -0.1) is 0 Å². The smallest absolute Gasteiger partial charge is 0.238 e. The van der Waals surface area contributed by atoms with Crippen LogP contribution in [0.2, 0.25) is 0 Å². The van der Waals surface area contributed by atoms with Crippen LogP contribution >= 0.6 is 0 Å². The number of hydrogen-bond donors (Lipinski definition) is 1. The van der Waals surface area contributed by atoms with E-state index in [9.17, 15) is 13.2 Å². The fraction of sp³-hybridized carbons (Fsp3) is 0.667. The first-order valence-corrected chi connectivity index (χ1v) is 10.1. The molecule has 9 nitrogen and oxygen atoms in total. The number of rotatable bonds is 6. The summed E-state index contributed by atoms with van der Waals surface area (Å²) in [7, 11) is -1.95. The second-order valence-corrected chi connectivity index (χ2v) is 8.20. The molecule has 0 aliphatic carbocycles. The lowest BCUT2D eigenvalue weighted by Gasteiger charge is -2.35. The monoisotopic (exact) mass is 370 g/mol. The van der Waals surface area contributed by atoms with Gasteiger partial charge in [-0.1, -0.05) is 0 Å². The molecule has 1 aliphatic heterocycles. The van der Waals surface area contributed by atoms with Crippen LogP contribution < -0.4 is 10.2 Å². The molecule has 1 amide bonds. The Morgan fingerprint density at radius 1 is 1.28 bits per heavy atom. The first-order valence-electron chi connectivity index (χ1n) is 8.24. The first kappa shape index (κ1) is 19.4. The van der Waals surface area contributed by atoms with Crippen LogP contribution in [0.4, 0.5) is 11.8 Å². The second-order valence-electron chi connectivity index (χ2n) is 6.11. The lowest BCUT2D eigenvalue weighted by atomic mass is 10.3. The van der Waals surface area contributed by atoms with Crippen LogP contribution in [0.15, 0.2) is 6.07 Å². The van der Waals surface area contributed by atoms with E-state index < -0.39 is 10.0 Å². The highest BCUT2D eigenvalue weighted by molar-refractivity contribution is 7.88. The Labute approximate surface area is 149 Å². The Balaban J connectivity index is 1.96. The predicted octanol–water partition coefficient (Wildman–Crippen LogP) is -0.243. The van der Waals surface area contributed by atoms with Crippen molar-refractivity contribution in [2.75, 3.05) is 62.8 Å². The van der Waals surface area contributed by atoms with E-state index >= 15 is 0 Å². The third-order valence-corrected chi connectivity index (χ3v) is 5.30. The van der Waals surface area contributed by atoms with Gasteiger partial charge in [0.15, 0.2) is 0 Å². The van der Waals surface area contributed by atoms with Crippen LogP contribution in [0.1, 0.15) is 12.6 Å². The van der Waals surface area contributed by atoms with Crippen LogP contribution in [-0.2, 0) is 14.8 Å². The van der Waals surface area contributed by atoms with Gasteiger partial charge in [0.25, 0.3) is 0 Å². The third-order valence-electron chi connectivity index (χ3n) is 4.04. The summed E-state index contributed by atoms with van der Waals surface area (Å²) in [5.41, 5.74) is 0.884. The number of likely N-dealkylation sites (N-methyl/N-ethyl adjacent to an activating group) is 1. The lowest BCUT2D eigenvalue weighted by molar-refractivity contribution is -0.131. The Morgan fingerprint density at radius 3 is 2.48 bits per heavy atom. The van der Waals surface area contributed by atoms with E-state index in [0.717, 1.165) is 28.6 Å². The number of aromatic nitrogens is 2. The highest BCUT2D eigenvalue weighted by Crippen LogP contribution is 2.16. The molecule has 2 rings (SSSR count). The van der Waals surface area contributed by atoms with Crippen molar-refractivity contribution in [3.63, 3.8) is 0 Å². The number of amides is 1. The number of sulfonamides is 1. The number of hydrogen-bond acceptors (Lipinski definition) is 7. The molecule has 10 heteroatoms. The van der Waals surface area contributed by atoms with Gasteiger partial charge in [0.2, 0.25) is 21.9 Å². The Bertz CT molecular complexity index is 716. The van der Waals surface area contributed by atoms with Crippen molar-refractivity contribution in [2.45, 2.75) is 13.8 Å². The summed E-state index contributed by atoms with van der Waals surface area (Å²) >= 11 is 0. The molecule has 0 aromatic carbocycles. The van der Waals surface area contributed by atoms with E-state index in [1.165, 1.54) is 7.05 Å². The van der Waals surface area contributed by atoms with E-state index in [1.807, 2.05) is 24.8 Å². The minimum atomic E-state index is -3.36. The zero-order chi connectivity index (χ0) is 18.6. The van der Waals surface area contributed by atoms with Crippen LogP contribution in [0.5, 0.6) is 0 Å². The molecule has 0 unspecified atom stereocenters. The van der Waals surface area contributed by atoms with Crippen LogP contribution in [0, 0.1) is 6.92 Å². The van der Waals surface area contributed by atoms with Crippen molar-refractivity contribution < 1.29 is 13.2 Å². The molecule has 1 aliphatic rings. The third kappa shape index (κ3) is 5.27. The van der Waals surface area contributed by atoms with Crippen molar-refractivity contribution in [1.29, 1.82) is 0 Å². The molecule has 1 aromatic rings. The van der Waals surface area contributed by atoms with Crippen molar-refractivity contribution in [3.05, 3.63) is 11.8 Å². The first-order chi connectivity index (χ1) is 11.7. The topological polar surface area (TPSA) is 98.7 Å². The van der Waals surface area contributed by atoms with Crippen molar-refractivity contribution in [1.82, 2.24) is 19.2 Å². The van der Waals surface area contributed by atoms with Crippen molar-refractivity contribution >= 4 is 27.7 Å². The summed E-state index contributed by atoms with van der Waals surface area (Å²) in [5.74, 6) is 1.25. The number of nitrogens with one attached hydrogen (secondary N) is 1. The van der Waals surface area contributed by atoms with Gasteiger partial charge in [-0.3, -0.25) is 4.79 Å². The zero-order valence-corrected chi connectivity index (χ0v) is 16.0. The van der Waals surface area contributed by atoms with E-state index in [1.54, 1.807) is 4.90 Å². The molecular formula is C15H26N6O3S. The minimum Gasteiger partial charge on any atom is -0.370 e. The molecule has 1 fully saturated rings. The predicted molar refractivity (Wildman–Crippen MR) is 97.2 cm³/mol. The average molecular weight is 370 g/mol. The minimum absolute atomic E-state index is 0.135. The molecular weight excluding hydrogens is 344 g/mol. The summed E-state index contributed by atoms with van der Waals surface area (Å²) in [6.07, 6.45) is 1.09. The van der Waals surface area contributed by atoms with Gasteiger partial charge in [-0.2, -0.15) is 9.29 Å². The van der Waals surface area contributed by atoms with Crippen LogP contribution in [0.25, 0.3) is 0 Å². The molecule has 0 radical (unpaired) electrons. The molecule has 25 heavy (non-hydrogen) atoms. The normalized spacial score (nSPS) is 15.6. The number of aryl methyl sites for hydroxylation is 1. The number of carbonyl (C=O) groups excluding carboxylic acids is 1. The number of anilines is 2. The highest BCUT2D eigenvalue weighted by atomic mass is 32.2. The summed E-state index contributed by atoms with van der Waals surface area (Å²) in [5, 5.41) is 3.19. The van der Waals surface area contributed by atoms with Crippen LogP contribution in [-0.4, -0.2) is 86.1 Å². The fourth-order valence-electron chi connectivity index (χ4n) is 2.53.